The molecule has 0 bridgehead atoms. The third-order valence-corrected chi connectivity index (χ3v) is 6.34. The van der Waals surface area contributed by atoms with Gasteiger partial charge in [-0.1, -0.05) is 13.8 Å². The quantitative estimate of drug-likeness (QED) is 0.474. The minimum atomic E-state index is -2.87. The number of hydrogen-bond acceptors (Lipinski definition) is 6. The Morgan fingerprint density at radius 2 is 1.70 bits per heavy atom. The predicted molar refractivity (Wildman–Crippen MR) is 130 cm³/mol. The maximum Gasteiger partial charge on any atom is 0.336 e. The molecular formula is C23H30N4O5S. The maximum atomic E-state index is 13.0. The SMILES string of the molecule is CC1(C)CCN(c2ccnc(NC(=O)c3cc(C(=O)N[SH](C)(C)=O)ccc3C(=O)O)c2)CC1. The Morgan fingerprint density at radius 1 is 1.03 bits per heavy atom. The summed E-state index contributed by atoms with van der Waals surface area (Å²) in [5.74, 6) is -2.38. The van der Waals surface area contributed by atoms with Gasteiger partial charge in [-0.2, -0.15) is 0 Å². The number of rotatable bonds is 6. The molecule has 0 spiro atoms. The first-order valence-corrected chi connectivity index (χ1v) is 13.2. The van der Waals surface area contributed by atoms with Crippen LogP contribution in [-0.4, -0.2) is 57.7 Å². The van der Waals surface area contributed by atoms with Crippen molar-refractivity contribution < 1.29 is 23.7 Å². The monoisotopic (exact) mass is 474 g/mol. The van der Waals surface area contributed by atoms with Crippen LogP contribution in [0.2, 0.25) is 0 Å². The molecule has 2 aromatic rings. The number of anilines is 2. The molecule has 1 saturated heterocycles. The lowest BCUT2D eigenvalue weighted by Gasteiger charge is -2.38. The lowest BCUT2D eigenvalue weighted by molar-refractivity contribution is 0.0692. The summed E-state index contributed by atoms with van der Waals surface area (Å²) in [6.45, 7) is 6.28. The van der Waals surface area contributed by atoms with Gasteiger partial charge in [-0.15, -0.1) is 0 Å². The molecule has 10 heteroatoms. The van der Waals surface area contributed by atoms with Crippen LogP contribution in [0.5, 0.6) is 0 Å². The number of carboxylic acids is 1. The van der Waals surface area contributed by atoms with Crippen molar-refractivity contribution in [2.75, 3.05) is 35.8 Å². The Labute approximate surface area is 194 Å². The van der Waals surface area contributed by atoms with E-state index >= 15 is 0 Å². The summed E-state index contributed by atoms with van der Waals surface area (Å²) in [4.78, 5) is 43.4. The van der Waals surface area contributed by atoms with E-state index in [1.807, 2.05) is 6.07 Å². The van der Waals surface area contributed by atoms with Crippen LogP contribution >= 0.6 is 0 Å². The number of thiol groups is 1. The topological polar surface area (TPSA) is 129 Å². The predicted octanol–water partition coefficient (Wildman–Crippen LogP) is 2.58. The Bertz CT molecular complexity index is 1130. The van der Waals surface area contributed by atoms with Crippen molar-refractivity contribution in [1.82, 2.24) is 9.71 Å². The molecule has 0 saturated carbocycles. The van der Waals surface area contributed by atoms with E-state index in [1.165, 1.54) is 30.7 Å². The summed E-state index contributed by atoms with van der Waals surface area (Å²) in [7, 11) is -2.87. The maximum absolute atomic E-state index is 13.0. The minimum absolute atomic E-state index is 0.0340. The van der Waals surface area contributed by atoms with Gasteiger partial charge in [0, 0.05) is 49.1 Å². The third kappa shape index (κ3) is 6.38. The van der Waals surface area contributed by atoms with E-state index < -0.39 is 27.9 Å². The average molecular weight is 475 g/mol. The number of pyridine rings is 1. The third-order valence-electron chi connectivity index (χ3n) is 5.59. The molecule has 1 aromatic carbocycles. The van der Waals surface area contributed by atoms with Gasteiger partial charge in [-0.05, 0) is 52.6 Å². The summed E-state index contributed by atoms with van der Waals surface area (Å²) in [6, 6.07) is 7.26. The number of aromatic carboxylic acids is 1. The lowest BCUT2D eigenvalue weighted by Crippen LogP contribution is -2.37. The summed E-state index contributed by atoms with van der Waals surface area (Å²) < 4.78 is 14.3. The normalized spacial score (nSPS) is 16.1. The second-order valence-corrected chi connectivity index (χ2v) is 12.3. The fourth-order valence-electron chi connectivity index (χ4n) is 3.61. The van der Waals surface area contributed by atoms with Crippen LogP contribution < -0.4 is 14.9 Å². The number of carboxylic acid groups (broad SMARTS) is 1. The number of piperidine rings is 1. The van der Waals surface area contributed by atoms with E-state index in [-0.39, 0.29) is 22.5 Å². The molecule has 1 aromatic heterocycles. The summed E-state index contributed by atoms with van der Waals surface area (Å²) in [5.41, 5.74) is 0.809. The molecule has 2 amide bonds. The van der Waals surface area contributed by atoms with Crippen LogP contribution in [0, 0.1) is 5.41 Å². The number of nitrogens with one attached hydrogen (secondary N) is 2. The number of amides is 2. The highest BCUT2D eigenvalue weighted by Crippen LogP contribution is 2.32. The van der Waals surface area contributed by atoms with E-state index in [0.29, 0.717) is 5.41 Å². The molecule has 1 fully saturated rings. The number of carbonyl (C=O) groups is 3. The fraction of sp³-hybridized carbons (Fsp3) is 0.391. The number of benzene rings is 1. The fourth-order valence-corrected chi connectivity index (χ4v) is 4.23. The highest BCUT2D eigenvalue weighted by molar-refractivity contribution is 8.00. The smallest absolute Gasteiger partial charge is 0.336 e. The van der Waals surface area contributed by atoms with Gasteiger partial charge in [-0.3, -0.25) is 18.5 Å². The summed E-state index contributed by atoms with van der Waals surface area (Å²) in [5, 5.41) is 12.1. The van der Waals surface area contributed by atoms with Gasteiger partial charge >= 0.3 is 5.97 Å². The van der Waals surface area contributed by atoms with Crippen LogP contribution in [0.25, 0.3) is 0 Å². The second-order valence-electron chi connectivity index (χ2n) is 9.36. The summed E-state index contributed by atoms with van der Waals surface area (Å²) >= 11 is 0. The molecule has 0 atom stereocenters. The van der Waals surface area contributed by atoms with Gasteiger partial charge in [0.15, 0.2) is 0 Å². The first-order chi connectivity index (χ1) is 15.3. The van der Waals surface area contributed by atoms with E-state index in [0.717, 1.165) is 31.6 Å². The van der Waals surface area contributed by atoms with Gasteiger partial charge in [0.1, 0.15) is 5.82 Å². The van der Waals surface area contributed by atoms with Crippen molar-refractivity contribution in [2.45, 2.75) is 26.7 Å². The molecular weight excluding hydrogens is 444 g/mol. The molecule has 33 heavy (non-hydrogen) atoms. The van der Waals surface area contributed by atoms with Crippen molar-refractivity contribution in [1.29, 1.82) is 0 Å². The van der Waals surface area contributed by atoms with Gasteiger partial charge in [0.25, 0.3) is 11.8 Å². The Balaban J connectivity index is 1.83. The average Bonchev–Trinajstić information content (AvgIpc) is 2.72. The van der Waals surface area contributed by atoms with Crippen LogP contribution in [0.1, 0.15) is 57.8 Å². The first kappa shape index (κ1) is 24.4. The standard InChI is InChI=1S/C23H30N4O5S/c1-23(2)8-11-27(12-9-23)16-7-10-24-19(14-16)25-21(29)18-13-15(5-6-17(18)22(30)31)20(28)26-33(3,4)32/h5-7,10,13-14,33H,8-9,11-12H2,1-4H3,(H,30,31)(H,24,25,29)(H,26,28,32). The molecule has 1 aliphatic rings. The zero-order chi connectivity index (χ0) is 24.4. The lowest BCUT2D eigenvalue weighted by atomic mass is 9.82. The summed E-state index contributed by atoms with van der Waals surface area (Å²) in [6.07, 6.45) is 6.48. The molecule has 3 rings (SSSR count). The molecule has 2 heterocycles. The molecule has 3 N–H and O–H groups in total. The van der Waals surface area contributed by atoms with Crippen LogP contribution in [0.3, 0.4) is 0 Å². The zero-order valence-electron chi connectivity index (χ0n) is 19.2. The van der Waals surface area contributed by atoms with Crippen molar-refractivity contribution in [2.24, 2.45) is 5.41 Å². The van der Waals surface area contributed by atoms with Crippen LogP contribution in [0.4, 0.5) is 11.5 Å². The van der Waals surface area contributed by atoms with Gasteiger partial charge < -0.3 is 15.3 Å². The van der Waals surface area contributed by atoms with Crippen molar-refractivity contribution in [3.8, 4) is 0 Å². The first-order valence-electron chi connectivity index (χ1n) is 10.6. The minimum Gasteiger partial charge on any atom is -0.478 e. The Kier molecular flexibility index (Phi) is 6.87. The highest BCUT2D eigenvalue weighted by atomic mass is 32.3. The van der Waals surface area contributed by atoms with Gasteiger partial charge in [0.05, 0.1) is 11.1 Å². The van der Waals surface area contributed by atoms with Crippen molar-refractivity contribution in [3.63, 3.8) is 0 Å². The van der Waals surface area contributed by atoms with Crippen LogP contribution in [-0.2, 0) is 10.1 Å². The van der Waals surface area contributed by atoms with Gasteiger partial charge in [-0.25, -0.2) is 9.78 Å². The zero-order valence-corrected chi connectivity index (χ0v) is 20.1. The Morgan fingerprint density at radius 3 is 2.30 bits per heavy atom. The second kappa shape index (κ2) is 9.30. The van der Waals surface area contributed by atoms with Crippen molar-refractivity contribution in [3.05, 3.63) is 53.2 Å². The van der Waals surface area contributed by atoms with Crippen LogP contribution in [0.15, 0.2) is 36.5 Å². The van der Waals surface area contributed by atoms with Gasteiger partial charge in [0.2, 0.25) is 0 Å². The largest absolute Gasteiger partial charge is 0.478 e. The number of hydrogen-bond donors (Lipinski definition) is 4. The number of carbonyl (C=O) groups excluding carboxylic acids is 2. The molecule has 0 radical (unpaired) electrons. The number of nitrogens with zero attached hydrogens (tertiary/aromatic N) is 2. The van der Waals surface area contributed by atoms with E-state index in [4.69, 9.17) is 0 Å². The van der Waals surface area contributed by atoms with E-state index in [9.17, 15) is 23.7 Å². The molecule has 9 nitrogen and oxygen atoms in total. The van der Waals surface area contributed by atoms with E-state index in [2.05, 4.69) is 33.8 Å². The molecule has 178 valence electrons. The number of aromatic nitrogens is 1. The molecule has 1 aliphatic heterocycles. The van der Waals surface area contributed by atoms with E-state index in [1.54, 1.807) is 12.3 Å². The molecule has 0 unspecified atom stereocenters. The highest BCUT2D eigenvalue weighted by Gasteiger charge is 2.26. The molecule has 0 aliphatic carbocycles. The Hall–Kier alpha value is -3.27. The van der Waals surface area contributed by atoms with Crippen molar-refractivity contribution >= 4 is 39.4 Å².